The van der Waals surface area contributed by atoms with Crippen LogP contribution >= 0.6 is 11.3 Å². The van der Waals surface area contributed by atoms with Gasteiger partial charge in [0.1, 0.15) is 0 Å². The monoisotopic (exact) mass is 238 g/mol. The summed E-state index contributed by atoms with van der Waals surface area (Å²) in [6.45, 7) is 8.76. The van der Waals surface area contributed by atoms with Gasteiger partial charge in [-0.05, 0) is 36.8 Å². The fourth-order valence-corrected chi connectivity index (χ4v) is 3.16. The lowest BCUT2D eigenvalue weighted by Gasteiger charge is -2.26. The Morgan fingerprint density at radius 2 is 2.19 bits per heavy atom. The number of thiophene rings is 1. The molecule has 1 aromatic rings. The van der Waals surface area contributed by atoms with E-state index in [4.69, 9.17) is 5.73 Å². The average Bonchev–Trinajstić information content (AvgIpc) is 2.75. The SMILES string of the molecule is Cc1ccsc1C(C)(C)CNCC1(N)CC1. The molecule has 0 aromatic carbocycles. The molecule has 0 amide bonds. The Balaban J connectivity index is 1.90. The summed E-state index contributed by atoms with van der Waals surface area (Å²) >= 11 is 1.86. The van der Waals surface area contributed by atoms with E-state index in [1.165, 1.54) is 23.3 Å². The van der Waals surface area contributed by atoms with E-state index in [0.717, 1.165) is 13.1 Å². The highest BCUT2D eigenvalue weighted by molar-refractivity contribution is 7.10. The number of rotatable bonds is 5. The predicted octanol–water partition coefficient (Wildman–Crippen LogP) is 2.42. The van der Waals surface area contributed by atoms with Crippen molar-refractivity contribution >= 4 is 11.3 Å². The molecule has 0 aliphatic heterocycles. The molecule has 0 unspecified atom stereocenters. The average molecular weight is 238 g/mol. The van der Waals surface area contributed by atoms with Crippen molar-refractivity contribution in [3.8, 4) is 0 Å². The first-order valence-electron chi connectivity index (χ1n) is 5.97. The lowest BCUT2D eigenvalue weighted by atomic mass is 9.89. The number of nitrogens with two attached hydrogens (primary N) is 1. The topological polar surface area (TPSA) is 38.0 Å². The summed E-state index contributed by atoms with van der Waals surface area (Å²) in [4.78, 5) is 1.49. The Bertz CT molecular complexity index is 364. The van der Waals surface area contributed by atoms with Gasteiger partial charge in [-0.25, -0.2) is 0 Å². The Morgan fingerprint density at radius 3 is 2.69 bits per heavy atom. The molecule has 2 nitrogen and oxygen atoms in total. The van der Waals surface area contributed by atoms with Gasteiger partial charge in [-0.1, -0.05) is 13.8 Å². The summed E-state index contributed by atoms with van der Waals surface area (Å²) in [5, 5.41) is 5.70. The van der Waals surface area contributed by atoms with E-state index in [2.05, 4.69) is 37.5 Å². The molecule has 1 aliphatic rings. The van der Waals surface area contributed by atoms with Gasteiger partial charge in [0.25, 0.3) is 0 Å². The zero-order chi connectivity index (χ0) is 11.8. The molecular weight excluding hydrogens is 216 g/mol. The van der Waals surface area contributed by atoms with Crippen molar-refractivity contribution in [1.82, 2.24) is 5.32 Å². The van der Waals surface area contributed by atoms with Gasteiger partial charge in [0.15, 0.2) is 0 Å². The molecule has 0 bridgehead atoms. The summed E-state index contributed by atoms with van der Waals surface area (Å²) in [6, 6.07) is 2.20. The summed E-state index contributed by atoms with van der Waals surface area (Å²) < 4.78 is 0. The van der Waals surface area contributed by atoms with Crippen LogP contribution in [0.15, 0.2) is 11.4 Å². The van der Waals surface area contributed by atoms with Crippen LogP contribution in [-0.2, 0) is 5.41 Å². The normalized spacial score (nSPS) is 18.8. The standard InChI is InChI=1S/C13H22N2S/c1-10-4-7-16-11(10)12(2,3)8-15-9-13(14)5-6-13/h4,7,15H,5-6,8-9,14H2,1-3H3. The van der Waals surface area contributed by atoms with Crippen LogP contribution in [0, 0.1) is 6.92 Å². The van der Waals surface area contributed by atoms with Crippen molar-refractivity contribution in [1.29, 1.82) is 0 Å². The van der Waals surface area contributed by atoms with Crippen LogP contribution < -0.4 is 11.1 Å². The fourth-order valence-electron chi connectivity index (χ4n) is 2.11. The van der Waals surface area contributed by atoms with Gasteiger partial charge in [0.2, 0.25) is 0 Å². The Labute approximate surface area is 102 Å². The molecule has 0 radical (unpaired) electrons. The van der Waals surface area contributed by atoms with Gasteiger partial charge in [-0.3, -0.25) is 0 Å². The van der Waals surface area contributed by atoms with Crippen molar-refractivity contribution in [3.63, 3.8) is 0 Å². The second-order valence-electron chi connectivity index (χ2n) is 5.78. The maximum atomic E-state index is 6.06. The fraction of sp³-hybridized carbons (Fsp3) is 0.692. The highest BCUT2D eigenvalue weighted by Crippen LogP contribution is 2.33. The van der Waals surface area contributed by atoms with Crippen LogP contribution in [0.5, 0.6) is 0 Å². The molecule has 0 spiro atoms. The van der Waals surface area contributed by atoms with Crippen LogP contribution in [-0.4, -0.2) is 18.6 Å². The molecule has 2 rings (SSSR count). The van der Waals surface area contributed by atoms with Gasteiger partial charge in [-0.15, -0.1) is 11.3 Å². The van der Waals surface area contributed by atoms with Crippen LogP contribution in [0.3, 0.4) is 0 Å². The highest BCUT2D eigenvalue weighted by atomic mass is 32.1. The number of aryl methyl sites for hydroxylation is 1. The van der Waals surface area contributed by atoms with Gasteiger partial charge in [-0.2, -0.15) is 0 Å². The van der Waals surface area contributed by atoms with Crippen LogP contribution in [0.1, 0.15) is 37.1 Å². The van der Waals surface area contributed by atoms with Crippen LogP contribution in [0.4, 0.5) is 0 Å². The van der Waals surface area contributed by atoms with Gasteiger partial charge in [0, 0.05) is 28.9 Å². The highest BCUT2D eigenvalue weighted by Gasteiger charge is 2.38. The molecule has 16 heavy (non-hydrogen) atoms. The van der Waals surface area contributed by atoms with Crippen LogP contribution in [0.2, 0.25) is 0 Å². The summed E-state index contributed by atoms with van der Waals surface area (Å²) in [5.41, 5.74) is 7.80. The van der Waals surface area contributed by atoms with E-state index in [0.29, 0.717) is 0 Å². The van der Waals surface area contributed by atoms with Crippen molar-refractivity contribution in [2.45, 2.75) is 44.6 Å². The van der Waals surface area contributed by atoms with E-state index in [1.807, 2.05) is 11.3 Å². The molecule has 0 saturated heterocycles. The summed E-state index contributed by atoms with van der Waals surface area (Å²) in [7, 11) is 0. The first kappa shape index (κ1) is 12.1. The first-order valence-corrected chi connectivity index (χ1v) is 6.85. The molecule has 3 N–H and O–H groups in total. The third kappa shape index (κ3) is 2.65. The second-order valence-corrected chi connectivity index (χ2v) is 6.70. The maximum Gasteiger partial charge on any atom is 0.0282 e. The smallest absolute Gasteiger partial charge is 0.0282 e. The zero-order valence-corrected chi connectivity index (χ0v) is 11.3. The third-order valence-corrected chi connectivity index (χ3v) is 4.80. The molecular formula is C13H22N2S. The van der Waals surface area contributed by atoms with Crippen molar-refractivity contribution < 1.29 is 0 Å². The first-order chi connectivity index (χ1) is 7.43. The Morgan fingerprint density at radius 1 is 1.50 bits per heavy atom. The minimum atomic E-state index is 0.112. The molecule has 3 heteroatoms. The van der Waals surface area contributed by atoms with Gasteiger partial charge < -0.3 is 11.1 Å². The Kier molecular flexibility index (Phi) is 3.12. The zero-order valence-electron chi connectivity index (χ0n) is 10.5. The van der Waals surface area contributed by atoms with Gasteiger partial charge in [0.05, 0.1) is 0 Å². The largest absolute Gasteiger partial charge is 0.324 e. The van der Waals surface area contributed by atoms with Crippen LogP contribution in [0.25, 0.3) is 0 Å². The van der Waals surface area contributed by atoms with Crippen molar-refractivity contribution in [2.24, 2.45) is 5.73 Å². The lowest BCUT2D eigenvalue weighted by Crippen LogP contribution is -2.41. The Hall–Kier alpha value is -0.380. The lowest BCUT2D eigenvalue weighted by molar-refractivity contribution is 0.453. The minimum absolute atomic E-state index is 0.112. The molecule has 1 aromatic heterocycles. The van der Waals surface area contributed by atoms with E-state index in [-0.39, 0.29) is 11.0 Å². The molecule has 1 heterocycles. The number of hydrogen-bond acceptors (Lipinski definition) is 3. The third-order valence-electron chi connectivity index (χ3n) is 3.41. The van der Waals surface area contributed by atoms with Crippen molar-refractivity contribution in [3.05, 3.63) is 21.9 Å². The van der Waals surface area contributed by atoms with E-state index in [9.17, 15) is 0 Å². The molecule has 1 saturated carbocycles. The molecule has 1 fully saturated rings. The van der Waals surface area contributed by atoms with E-state index >= 15 is 0 Å². The maximum absolute atomic E-state index is 6.06. The number of nitrogens with one attached hydrogen (secondary N) is 1. The quantitative estimate of drug-likeness (QED) is 0.827. The molecule has 1 aliphatic carbocycles. The van der Waals surface area contributed by atoms with Crippen molar-refractivity contribution in [2.75, 3.05) is 13.1 Å². The number of hydrogen-bond donors (Lipinski definition) is 2. The van der Waals surface area contributed by atoms with E-state index < -0.39 is 0 Å². The summed E-state index contributed by atoms with van der Waals surface area (Å²) in [5.74, 6) is 0. The molecule has 0 atom stereocenters. The predicted molar refractivity (Wildman–Crippen MR) is 71.1 cm³/mol. The molecule has 90 valence electrons. The van der Waals surface area contributed by atoms with Gasteiger partial charge >= 0.3 is 0 Å². The van der Waals surface area contributed by atoms with E-state index in [1.54, 1.807) is 0 Å². The summed E-state index contributed by atoms with van der Waals surface area (Å²) in [6.07, 6.45) is 2.36. The second kappa shape index (κ2) is 4.13. The minimum Gasteiger partial charge on any atom is -0.324 e.